The van der Waals surface area contributed by atoms with Crippen LogP contribution >= 0.6 is 0 Å². The van der Waals surface area contributed by atoms with Crippen LogP contribution in [0.4, 0.5) is 0 Å². The quantitative estimate of drug-likeness (QED) is 0.692. The highest BCUT2D eigenvalue weighted by Gasteiger charge is 2.06. The maximum atomic E-state index is 10.6. The van der Waals surface area contributed by atoms with E-state index in [9.17, 15) is 4.79 Å². The maximum Gasteiger partial charge on any atom is 0.288 e. The van der Waals surface area contributed by atoms with Crippen LogP contribution in [-0.4, -0.2) is 20.7 Å². The fourth-order valence-corrected chi connectivity index (χ4v) is 0.870. The third kappa shape index (κ3) is 2.05. The van der Waals surface area contributed by atoms with Crippen molar-refractivity contribution in [3.05, 3.63) is 12.2 Å². The van der Waals surface area contributed by atoms with Gasteiger partial charge in [0.05, 0.1) is 0 Å². The number of carbonyl (C=O) groups is 1. The van der Waals surface area contributed by atoms with E-state index in [1.165, 1.54) is 6.33 Å². The van der Waals surface area contributed by atoms with Crippen LogP contribution in [0.1, 0.15) is 24.5 Å². The van der Waals surface area contributed by atoms with E-state index < -0.39 is 5.91 Å². The minimum Gasteiger partial charge on any atom is -0.363 e. The predicted octanol–water partition coefficient (Wildman–Crippen LogP) is 0.0330. The van der Waals surface area contributed by atoms with Gasteiger partial charge < -0.3 is 5.73 Å². The van der Waals surface area contributed by atoms with Crippen molar-refractivity contribution in [3.63, 3.8) is 0 Å². The molecule has 0 radical (unpaired) electrons. The lowest BCUT2D eigenvalue weighted by Crippen LogP contribution is -2.14. The fourth-order valence-electron chi connectivity index (χ4n) is 0.870. The maximum absolute atomic E-state index is 10.6. The van der Waals surface area contributed by atoms with Gasteiger partial charge >= 0.3 is 0 Å². The van der Waals surface area contributed by atoms with Crippen LogP contribution in [0.3, 0.4) is 0 Å². The second kappa shape index (κ2) is 3.34. The molecule has 0 atom stereocenters. The van der Waals surface area contributed by atoms with E-state index in [0.717, 1.165) is 6.54 Å². The Morgan fingerprint density at radius 3 is 2.83 bits per heavy atom. The summed E-state index contributed by atoms with van der Waals surface area (Å²) in [5.41, 5.74) is 4.98. The highest BCUT2D eigenvalue weighted by molar-refractivity contribution is 5.88. The standard InChI is InChI=1S/C7H12N4O/c1-5(2)3-11-4-9-7(10-11)6(8)12/h4-5H,3H2,1-2H3,(H2,8,12). The number of hydrogen-bond acceptors (Lipinski definition) is 3. The van der Waals surface area contributed by atoms with Crippen molar-refractivity contribution >= 4 is 5.91 Å². The number of hydrogen-bond donors (Lipinski definition) is 1. The summed E-state index contributed by atoms with van der Waals surface area (Å²) in [4.78, 5) is 14.3. The predicted molar refractivity (Wildman–Crippen MR) is 43.4 cm³/mol. The zero-order valence-corrected chi connectivity index (χ0v) is 7.19. The van der Waals surface area contributed by atoms with Crippen LogP contribution in [0.5, 0.6) is 0 Å². The number of amides is 1. The van der Waals surface area contributed by atoms with Gasteiger partial charge in [0.2, 0.25) is 5.82 Å². The zero-order valence-electron chi connectivity index (χ0n) is 7.19. The molecular formula is C7H12N4O. The lowest BCUT2D eigenvalue weighted by atomic mass is 10.2. The van der Waals surface area contributed by atoms with Gasteiger partial charge in [-0.2, -0.15) is 0 Å². The molecule has 0 saturated heterocycles. The molecule has 5 nitrogen and oxygen atoms in total. The van der Waals surface area contributed by atoms with Gasteiger partial charge in [-0.15, -0.1) is 5.10 Å². The summed E-state index contributed by atoms with van der Waals surface area (Å²) in [6.45, 7) is 4.87. The van der Waals surface area contributed by atoms with E-state index in [-0.39, 0.29) is 5.82 Å². The number of aromatic nitrogens is 3. The molecule has 0 aliphatic rings. The van der Waals surface area contributed by atoms with Gasteiger partial charge in [0.1, 0.15) is 6.33 Å². The van der Waals surface area contributed by atoms with Gasteiger partial charge in [0.25, 0.3) is 5.91 Å². The molecule has 0 aliphatic heterocycles. The molecule has 1 heterocycles. The molecule has 0 aliphatic carbocycles. The van der Waals surface area contributed by atoms with E-state index in [2.05, 4.69) is 23.9 Å². The first-order valence-electron chi connectivity index (χ1n) is 3.79. The molecule has 0 spiro atoms. The second-order valence-electron chi connectivity index (χ2n) is 3.05. The van der Waals surface area contributed by atoms with Gasteiger partial charge in [-0.1, -0.05) is 13.8 Å². The first-order chi connectivity index (χ1) is 5.59. The van der Waals surface area contributed by atoms with Crippen LogP contribution in [-0.2, 0) is 6.54 Å². The topological polar surface area (TPSA) is 73.8 Å². The molecule has 1 aromatic heterocycles. The third-order valence-corrected chi connectivity index (χ3v) is 1.31. The van der Waals surface area contributed by atoms with E-state index in [4.69, 9.17) is 5.73 Å². The Kier molecular flexibility index (Phi) is 2.42. The molecule has 5 heteroatoms. The normalized spacial score (nSPS) is 10.6. The van der Waals surface area contributed by atoms with Gasteiger partial charge in [0.15, 0.2) is 0 Å². The number of nitrogens with two attached hydrogens (primary N) is 1. The van der Waals surface area contributed by atoms with Crippen molar-refractivity contribution in [2.24, 2.45) is 11.7 Å². The van der Waals surface area contributed by atoms with E-state index in [1.807, 2.05) is 0 Å². The average Bonchev–Trinajstić information content (AvgIpc) is 2.34. The molecule has 0 aromatic carbocycles. The lowest BCUT2D eigenvalue weighted by molar-refractivity contribution is 0.0990. The summed E-state index contributed by atoms with van der Waals surface area (Å²) in [6.07, 6.45) is 1.51. The van der Waals surface area contributed by atoms with Crippen molar-refractivity contribution < 1.29 is 4.79 Å². The molecular weight excluding hydrogens is 156 g/mol. The third-order valence-electron chi connectivity index (χ3n) is 1.31. The van der Waals surface area contributed by atoms with Crippen molar-refractivity contribution in [1.29, 1.82) is 0 Å². The number of rotatable bonds is 3. The second-order valence-corrected chi connectivity index (χ2v) is 3.05. The highest BCUT2D eigenvalue weighted by Crippen LogP contribution is 1.96. The molecule has 1 amide bonds. The van der Waals surface area contributed by atoms with Crippen molar-refractivity contribution in [2.45, 2.75) is 20.4 Å². The van der Waals surface area contributed by atoms with Crippen LogP contribution < -0.4 is 5.73 Å². The Morgan fingerprint density at radius 1 is 1.75 bits per heavy atom. The summed E-state index contributed by atoms with van der Waals surface area (Å²) in [5.74, 6) is -0.0272. The molecule has 0 unspecified atom stereocenters. The Hall–Kier alpha value is -1.39. The van der Waals surface area contributed by atoms with Gasteiger partial charge in [-0.05, 0) is 5.92 Å². The summed E-state index contributed by atoms with van der Waals surface area (Å²) < 4.78 is 1.62. The molecule has 1 rings (SSSR count). The first-order valence-corrected chi connectivity index (χ1v) is 3.79. The van der Waals surface area contributed by atoms with Gasteiger partial charge in [-0.3, -0.25) is 9.48 Å². The lowest BCUT2D eigenvalue weighted by Gasteiger charge is -2.01. The molecule has 12 heavy (non-hydrogen) atoms. The Labute approximate surface area is 70.6 Å². The number of nitrogens with zero attached hydrogens (tertiary/aromatic N) is 3. The van der Waals surface area contributed by atoms with Gasteiger partial charge in [-0.25, -0.2) is 4.98 Å². The molecule has 0 bridgehead atoms. The van der Waals surface area contributed by atoms with Crippen LogP contribution in [0.2, 0.25) is 0 Å². The molecule has 0 saturated carbocycles. The van der Waals surface area contributed by atoms with Crippen molar-refractivity contribution in [2.75, 3.05) is 0 Å². The summed E-state index contributed by atoms with van der Waals surface area (Å²) in [5, 5.41) is 3.88. The van der Waals surface area contributed by atoms with E-state index >= 15 is 0 Å². The minimum absolute atomic E-state index is 0.0793. The summed E-state index contributed by atoms with van der Waals surface area (Å²) in [7, 11) is 0. The number of carbonyl (C=O) groups excluding carboxylic acids is 1. The molecule has 66 valence electrons. The zero-order chi connectivity index (χ0) is 9.14. The van der Waals surface area contributed by atoms with E-state index in [1.54, 1.807) is 4.68 Å². The SMILES string of the molecule is CC(C)Cn1cnc(C(N)=O)n1. The first kappa shape index (κ1) is 8.70. The van der Waals surface area contributed by atoms with Crippen molar-refractivity contribution in [3.8, 4) is 0 Å². The van der Waals surface area contributed by atoms with Crippen molar-refractivity contribution in [1.82, 2.24) is 14.8 Å². The molecule has 2 N–H and O–H groups in total. The van der Waals surface area contributed by atoms with Crippen LogP contribution in [0, 0.1) is 5.92 Å². The van der Waals surface area contributed by atoms with E-state index in [0.29, 0.717) is 5.92 Å². The highest BCUT2D eigenvalue weighted by atomic mass is 16.1. The fraction of sp³-hybridized carbons (Fsp3) is 0.571. The minimum atomic E-state index is -0.586. The summed E-state index contributed by atoms with van der Waals surface area (Å²) >= 11 is 0. The number of primary amides is 1. The van der Waals surface area contributed by atoms with Crippen LogP contribution in [0.15, 0.2) is 6.33 Å². The van der Waals surface area contributed by atoms with Crippen LogP contribution in [0.25, 0.3) is 0 Å². The Balaban J connectivity index is 2.71. The average molecular weight is 168 g/mol. The smallest absolute Gasteiger partial charge is 0.288 e. The summed E-state index contributed by atoms with van der Waals surface area (Å²) in [6, 6.07) is 0. The Morgan fingerprint density at radius 2 is 2.42 bits per heavy atom. The monoisotopic (exact) mass is 168 g/mol. The Bertz CT molecular complexity index is 279. The van der Waals surface area contributed by atoms with Gasteiger partial charge in [0, 0.05) is 6.54 Å². The molecule has 1 aromatic rings. The molecule has 0 fully saturated rings. The largest absolute Gasteiger partial charge is 0.363 e.